The monoisotopic (exact) mass is 241 g/mol. The molecule has 1 unspecified atom stereocenters. The highest BCUT2D eigenvalue weighted by Gasteiger charge is 2.19. The Labute approximate surface area is 98.6 Å². The van der Waals surface area contributed by atoms with E-state index in [1.807, 2.05) is 0 Å². The van der Waals surface area contributed by atoms with E-state index >= 15 is 0 Å². The quantitative estimate of drug-likeness (QED) is 0.650. The molecule has 0 aromatic heterocycles. The third-order valence-corrected chi connectivity index (χ3v) is 2.33. The molecule has 0 bridgehead atoms. The summed E-state index contributed by atoms with van der Waals surface area (Å²) < 4.78 is 9.46. The fourth-order valence-electron chi connectivity index (χ4n) is 1.40. The molecule has 0 aliphatic carbocycles. The average Bonchev–Trinajstić information content (AvgIpc) is 2.37. The van der Waals surface area contributed by atoms with Gasteiger partial charge in [0.2, 0.25) is 0 Å². The number of aromatic hydroxyl groups is 1. The molecule has 0 amide bonds. The Balaban J connectivity index is 3.33. The van der Waals surface area contributed by atoms with E-state index in [-0.39, 0.29) is 29.2 Å². The van der Waals surface area contributed by atoms with E-state index in [9.17, 15) is 15.0 Å². The van der Waals surface area contributed by atoms with Gasteiger partial charge in [0.05, 0.1) is 25.9 Å². The molecular formula is C11H15NO5. The van der Waals surface area contributed by atoms with Gasteiger partial charge in [0.1, 0.15) is 0 Å². The molecule has 6 heteroatoms. The molecule has 1 aromatic carbocycles. The van der Waals surface area contributed by atoms with Crippen LogP contribution in [0.2, 0.25) is 0 Å². The zero-order chi connectivity index (χ0) is 13.0. The van der Waals surface area contributed by atoms with Crippen LogP contribution in [0.5, 0.6) is 11.5 Å². The Hall–Kier alpha value is -1.79. The normalized spacial score (nSPS) is 12.0. The van der Waals surface area contributed by atoms with Crippen LogP contribution in [-0.4, -0.2) is 36.9 Å². The minimum atomic E-state index is -1.08. The first-order chi connectivity index (χ1) is 8.04. The van der Waals surface area contributed by atoms with Crippen LogP contribution in [0.3, 0.4) is 0 Å². The lowest BCUT2D eigenvalue weighted by molar-refractivity contribution is 0.0600. The van der Waals surface area contributed by atoms with Crippen LogP contribution in [0.15, 0.2) is 12.1 Å². The summed E-state index contributed by atoms with van der Waals surface area (Å²) in [6.45, 7) is -0.0820. The number of nitrogens with two attached hydrogens (primary N) is 1. The van der Waals surface area contributed by atoms with Crippen molar-refractivity contribution in [3.05, 3.63) is 23.3 Å². The number of aliphatic hydroxyl groups excluding tert-OH is 1. The lowest BCUT2D eigenvalue weighted by atomic mass is 10.0. The summed E-state index contributed by atoms with van der Waals surface area (Å²) in [6, 6.07) is 2.65. The van der Waals surface area contributed by atoms with Crippen molar-refractivity contribution < 1.29 is 24.5 Å². The Bertz CT molecular complexity index is 419. The highest BCUT2D eigenvalue weighted by Crippen LogP contribution is 2.35. The van der Waals surface area contributed by atoms with Crippen LogP contribution < -0.4 is 10.5 Å². The number of phenolic OH excluding ortho intramolecular Hbond substituents is 1. The molecule has 4 N–H and O–H groups in total. The zero-order valence-corrected chi connectivity index (χ0v) is 9.64. The number of ether oxygens (including phenoxy) is 2. The lowest BCUT2D eigenvalue weighted by Gasteiger charge is -2.14. The molecular weight excluding hydrogens is 226 g/mol. The molecule has 0 heterocycles. The number of aliphatic hydroxyl groups is 1. The van der Waals surface area contributed by atoms with E-state index in [1.54, 1.807) is 0 Å². The van der Waals surface area contributed by atoms with Crippen molar-refractivity contribution in [1.29, 1.82) is 0 Å². The van der Waals surface area contributed by atoms with Gasteiger partial charge in [0.15, 0.2) is 11.5 Å². The first-order valence-electron chi connectivity index (χ1n) is 4.92. The third-order valence-electron chi connectivity index (χ3n) is 2.33. The van der Waals surface area contributed by atoms with Gasteiger partial charge >= 0.3 is 5.97 Å². The van der Waals surface area contributed by atoms with Crippen LogP contribution in [0.4, 0.5) is 0 Å². The first kappa shape index (κ1) is 13.3. The van der Waals surface area contributed by atoms with Crippen molar-refractivity contribution in [3.63, 3.8) is 0 Å². The molecule has 0 fully saturated rings. The van der Waals surface area contributed by atoms with Crippen molar-refractivity contribution in [2.24, 2.45) is 5.73 Å². The molecule has 0 radical (unpaired) electrons. The molecule has 0 aliphatic heterocycles. The number of methoxy groups -OCH3 is 2. The molecule has 1 aromatic rings. The molecule has 0 spiro atoms. The Morgan fingerprint density at radius 1 is 1.47 bits per heavy atom. The average molecular weight is 241 g/mol. The van der Waals surface area contributed by atoms with E-state index in [0.717, 1.165) is 0 Å². The molecule has 0 saturated carbocycles. The number of hydrogen-bond acceptors (Lipinski definition) is 6. The predicted octanol–water partition coefficient (Wildman–Crippen LogP) is 0.179. The summed E-state index contributed by atoms with van der Waals surface area (Å²) in [5.41, 5.74) is 5.61. The predicted molar refractivity (Wildman–Crippen MR) is 60.0 cm³/mol. The summed E-state index contributed by atoms with van der Waals surface area (Å²) in [7, 11) is 2.58. The van der Waals surface area contributed by atoms with Gasteiger partial charge in [-0.2, -0.15) is 0 Å². The van der Waals surface area contributed by atoms with Gasteiger partial charge in [-0.3, -0.25) is 0 Å². The third kappa shape index (κ3) is 2.66. The van der Waals surface area contributed by atoms with Gasteiger partial charge in [0, 0.05) is 12.1 Å². The van der Waals surface area contributed by atoms with E-state index in [1.165, 1.54) is 26.4 Å². The number of phenols is 1. The van der Waals surface area contributed by atoms with Crippen LogP contribution in [0.25, 0.3) is 0 Å². The number of carbonyl (C=O) groups excluding carboxylic acids is 1. The minimum Gasteiger partial charge on any atom is -0.504 e. The Morgan fingerprint density at radius 3 is 2.59 bits per heavy atom. The molecule has 0 aliphatic rings. The standard InChI is InChI=1S/C11H15NO5/c1-16-9-4-6(11(15)17-2)3-7(10(9)14)8(13)5-12/h3-4,8,13-14H,5,12H2,1-2H3. The first-order valence-corrected chi connectivity index (χ1v) is 4.92. The van der Waals surface area contributed by atoms with Crippen LogP contribution in [0, 0.1) is 0 Å². The number of rotatable bonds is 4. The van der Waals surface area contributed by atoms with Crippen molar-refractivity contribution >= 4 is 5.97 Å². The summed E-state index contributed by atoms with van der Waals surface area (Å²) >= 11 is 0. The van der Waals surface area contributed by atoms with E-state index in [4.69, 9.17) is 10.5 Å². The highest BCUT2D eigenvalue weighted by atomic mass is 16.5. The highest BCUT2D eigenvalue weighted by molar-refractivity contribution is 5.90. The maximum Gasteiger partial charge on any atom is 0.337 e. The maximum atomic E-state index is 11.4. The van der Waals surface area contributed by atoms with Crippen LogP contribution in [-0.2, 0) is 4.74 Å². The lowest BCUT2D eigenvalue weighted by Crippen LogP contribution is -2.13. The summed E-state index contributed by atoms with van der Waals surface area (Å²) in [4.78, 5) is 11.4. The summed E-state index contributed by atoms with van der Waals surface area (Å²) in [5.74, 6) is -0.748. The van der Waals surface area contributed by atoms with E-state index < -0.39 is 12.1 Å². The van der Waals surface area contributed by atoms with Crippen LogP contribution in [0.1, 0.15) is 22.0 Å². The van der Waals surface area contributed by atoms with Gasteiger partial charge in [-0.15, -0.1) is 0 Å². The smallest absolute Gasteiger partial charge is 0.337 e. The molecule has 94 valence electrons. The summed E-state index contributed by atoms with van der Waals surface area (Å²) in [5, 5.41) is 19.4. The zero-order valence-electron chi connectivity index (χ0n) is 9.64. The van der Waals surface area contributed by atoms with Gasteiger partial charge in [0.25, 0.3) is 0 Å². The van der Waals surface area contributed by atoms with Crippen molar-refractivity contribution in [2.75, 3.05) is 20.8 Å². The van der Waals surface area contributed by atoms with E-state index in [2.05, 4.69) is 4.74 Å². The Kier molecular flexibility index (Phi) is 4.30. The van der Waals surface area contributed by atoms with Crippen molar-refractivity contribution in [1.82, 2.24) is 0 Å². The Morgan fingerprint density at radius 2 is 2.12 bits per heavy atom. The van der Waals surface area contributed by atoms with Crippen molar-refractivity contribution in [3.8, 4) is 11.5 Å². The largest absolute Gasteiger partial charge is 0.504 e. The molecule has 1 rings (SSSR count). The van der Waals surface area contributed by atoms with Crippen molar-refractivity contribution in [2.45, 2.75) is 6.10 Å². The maximum absolute atomic E-state index is 11.4. The second kappa shape index (κ2) is 5.51. The van der Waals surface area contributed by atoms with Gasteiger partial charge in [-0.1, -0.05) is 0 Å². The van der Waals surface area contributed by atoms with Gasteiger partial charge in [-0.05, 0) is 12.1 Å². The molecule has 1 atom stereocenters. The fraction of sp³-hybridized carbons (Fsp3) is 0.364. The second-order valence-corrected chi connectivity index (χ2v) is 3.36. The minimum absolute atomic E-state index is 0.0791. The molecule has 0 saturated heterocycles. The molecule has 17 heavy (non-hydrogen) atoms. The van der Waals surface area contributed by atoms with Gasteiger partial charge < -0.3 is 25.4 Å². The topological polar surface area (TPSA) is 102 Å². The van der Waals surface area contributed by atoms with Crippen LogP contribution >= 0.6 is 0 Å². The fourth-order valence-corrected chi connectivity index (χ4v) is 1.40. The SMILES string of the molecule is COC(=O)c1cc(OC)c(O)c(C(O)CN)c1. The number of benzene rings is 1. The number of esters is 1. The molecule has 6 nitrogen and oxygen atoms in total. The number of carbonyl (C=O) groups is 1. The summed E-state index contributed by atoms with van der Waals surface area (Å²) in [6.07, 6.45) is -1.08. The number of hydrogen-bond donors (Lipinski definition) is 3. The second-order valence-electron chi connectivity index (χ2n) is 3.36. The van der Waals surface area contributed by atoms with E-state index in [0.29, 0.717) is 0 Å². The van der Waals surface area contributed by atoms with Gasteiger partial charge in [-0.25, -0.2) is 4.79 Å².